The lowest BCUT2D eigenvalue weighted by atomic mass is 10.3. The summed E-state index contributed by atoms with van der Waals surface area (Å²) in [6, 6.07) is 4.11. The molecule has 0 bridgehead atoms. The molecule has 2 N–H and O–H groups in total. The normalized spacial score (nSPS) is 13.3. The minimum Gasteiger partial charge on any atom is -0.494 e. The molecule has 6 heteroatoms. The van der Waals surface area contributed by atoms with Crippen LogP contribution in [0.5, 0.6) is 11.5 Å². The number of ether oxygens (including phenoxy) is 2. The highest BCUT2D eigenvalue weighted by atomic mass is 19.4. The summed E-state index contributed by atoms with van der Waals surface area (Å²) in [5.41, 5.74) is 5.86. The molecule has 1 unspecified atom stereocenters. The largest absolute Gasteiger partial charge is 0.494 e. The van der Waals surface area contributed by atoms with Gasteiger partial charge in [0.1, 0.15) is 11.5 Å². The summed E-state index contributed by atoms with van der Waals surface area (Å²) in [6.07, 6.45) is -6.27. The van der Waals surface area contributed by atoms with Crippen molar-refractivity contribution in [2.45, 2.75) is 19.2 Å². The molecule has 1 rings (SSSR count). The van der Waals surface area contributed by atoms with Crippen molar-refractivity contribution in [1.29, 1.82) is 0 Å². The van der Waals surface area contributed by atoms with E-state index in [2.05, 4.69) is 0 Å². The van der Waals surface area contributed by atoms with Gasteiger partial charge in [-0.3, -0.25) is 0 Å². The Balaban J connectivity index is 2.82. The molecule has 1 aromatic rings. The van der Waals surface area contributed by atoms with E-state index in [0.29, 0.717) is 5.69 Å². The number of nitrogen functional groups attached to an aromatic ring is 1. The van der Waals surface area contributed by atoms with Crippen molar-refractivity contribution in [3.63, 3.8) is 0 Å². The zero-order chi connectivity index (χ0) is 12.3. The van der Waals surface area contributed by atoms with Gasteiger partial charge in [-0.05, 0) is 19.1 Å². The monoisotopic (exact) mass is 235 g/mol. The first-order valence-electron chi connectivity index (χ1n) is 4.51. The molecule has 0 heterocycles. The summed E-state index contributed by atoms with van der Waals surface area (Å²) in [6.45, 7) is 0.933. The van der Waals surface area contributed by atoms with Crippen molar-refractivity contribution in [2.75, 3.05) is 12.8 Å². The molecule has 0 radical (unpaired) electrons. The van der Waals surface area contributed by atoms with E-state index < -0.39 is 12.3 Å². The van der Waals surface area contributed by atoms with Crippen molar-refractivity contribution in [1.82, 2.24) is 0 Å². The molecule has 0 amide bonds. The van der Waals surface area contributed by atoms with Crippen LogP contribution in [0.1, 0.15) is 6.92 Å². The Bertz CT molecular complexity index is 366. The lowest BCUT2D eigenvalue weighted by Crippen LogP contribution is -2.31. The Kier molecular flexibility index (Phi) is 3.51. The molecule has 1 aromatic carbocycles. The van der Waals surface area contributed by atoms with Crippen molar-refractivity contribution >= 4 is 5.69 Å². The highest BCUT2D eigenvalue weighted by Gasteiger charge is 2.38. The van der Waals surface area contributed by atoms with Gasteiger partial charge >= 0.3 is 6.18 Å². The molecule has 0 fully saturated rings. The average molecular weight is 235 g/mol. The summed E-state index contributed by atoms with van der Waals surface area (Å²) >= 11 is 0. The number of benzene rings is 1. The number of rotatable bonds is 3. The Morgan fingerprint density at radius 3 is 2.44 bits per heavy atom. The van der Waals surface area contributed by atoms with Gasteiger partial charge in [-0.2, -0.15) is 13.2 Å². The minimum absolute atomic E-state index is 0.0656. The molecule has 1 atom stereocenters. The van der Waals surface area contributed by atoms with Gasteiger partial charge in [-0.25, -0.2) is 0 Å². The zero-order valence-electron chi connectivity index (χ0n) is 8.84. The molecule has 90 valence electrons. The van der Waals surface area contributed by atoms with Gasteiger partial charge in [0.2, 0.25) is 0 Å². The van der Waals surface area contributed by atoms with Crippen LogP contribution in [0.2, 0.25) is 0 Å². The maximum atomic E-state index is 12.2. The van der Waals surface area contributed by atoms with Crippen molar-refractivity contribution < 1.29 is 22.6 Å². The van der Waals surface area contributed by atoms with E-state index in [0.717, 1.165) is 6.92 Å². The van der Waals surface area contributed by atoms with Gasteiger partial charge in [0, 0.05) is 6.07 Å². The van der Waals surface area contributed by atoms with Crippen LogP contribution in [-0.4, -0.2) is 19.4 Å². The SMILES string of the molecule is COc1cc(OC(C)C(F)(F)F)ccc1N. The molecule has 0 aliphatic heterocycles. The van der Waals surface area contributed by atoms with E-state index in [4.69, 9.17) is 15.2 Å². The fourth-order valence-corrected chi connectivity index (χ4v) is 1.04. The Morgan fingerprint density at radius 1 is 1.31 bits per heavy atom. The fraction of sp³-hybridized carbons (Fsp3) is 0.400. The van der Waals surface area contributed by atoms with E-state index in [-0.39, 0.29) is 11.5 Å². The molecule has 16 heavy (non-hydrogen) atoms. The predicted octanol–water partition coefficient (Wildman–Crippen LogP) is 2.61. The maximum absolute atomic E-state index is 12.2. The van der Waals surface area contributed by atoms with E-state index in [9.17, 15) is 13.2 Å². The second-order valence-electron chi connectivity index (χ2n) is 3.21. The van der Waals surface area contributed by atoms with Crippen LogP contribution in [0, 0.1) is 0 Å². The molecule has 0 saturated carbocycles. The molecule has 0 aliphatic rings. The second kappa shape index (κ2) is 4.51. The number of halogens is 3. The third kappa shape index (κ3) is 2.95. The van der Waals surface area contributed by atoms with Crippen LogP contribution in [-0.2, 0) is 0 Å². The zero-order valence-corrected chi connectivity index (χ0v) is 8.84. The number of anilines is 1. The van der Waals surface area contributed by atoms with Crippen LogP contribution in [0.25, 0.3) is 0 Å². The third-order valence-corrected chi connectivity index (χ3v) is 1.98. The molecular formula is C10H12F3NO2. The van der Waals surface area contributed by atoms with E-state index in [1.54, 1.807) is 0 Å². The van der Waals surface area contributed by atoms with Gasteiger partial charge in [-0.1, -0.05) is 0 Å². The number of alkyl halides is 3. The number of hydrogen-bond acceptors (Lipinski definition) is 3. The molecule has 0 spiro atoms. The summed E-state index contributed by atoms with van der Waals surface area (Å²) < 4.78 is 46.2. The Hall–Kier alpha value is -1.59. The summed E-state index contributed by atoms with van der Waals surface area (Å²) in [4.78, 5) is 0. The summed E-state index contributed by atoms with van der Waals surface area (Å²) in [5, 5.41) is 0. The van der Waals surface area contributed by atoms with Crippen LogP contribution >= 0.6 is 0 Å². The highest BCUT2D eigenvalue weighted by Crippen LogP contribution is 2.30. The van der Waals surface area contributed by atoms with Gasteiger partial charge in [-0.15, -0.1) is 0 Å². The first-order chi connectivity index (χ1) is 7.34. The lowest BCUT2D eigenvalue weighted by molar-refractivity contribution is -0.189. The van der Waals surface area contributed by atoms with Crippen molar-refractivity contribution in [3.05, 3.63) is 18.2 Å². The van der Waals surface area contributed by atoms with Gasteiger partial charge < -0.3 is 15.2 Å². The average Bonchev–Trinajstić information content (AvgIpc) is 2.19. The lowest BCUT2D eigenvalue weighted by Gasteiger charge is -2.18. The number of nitrogens with two attached hydrogens (primary N) is 1. The topological polar surface area (TPSA) is 44.5 Å². The van der Waals surface area contributed by atoms with E-state index in [1.165, 1.54) is 25.3 Å². The highest BCUT2D eigenvalue weighted by molar-refractivity contribution is 5.55. The van der Waals surface area contributed by atoms with Crippen molar-refractivity contribution in [2.24, 2.45) is 0 Å². The summed E-state index contributed by atoms with van der Waals surface area (Å²) in [7, 11) is 1.38. The standard InChI is InChI=1S/C10H12F3NO2/c1-6(10(11,12)13)16-7-3-4-8(14)9(5-7)15-2/h3-6H,14H2,1-2H3. The van der Waals surface area contributed by atoms with Crippen molar-refractivity contribution in [3.8, 4) is 11.5 Å². The number of methoxy groups -OCH3 is 1. The first kappa shape index (κ1) is 12.5. The van der Waals surface area contributed by atoms with Crippen LogP contribution in [0.4, 0.5) is 18.9 Å². The first-order valence-corrected chi connectivity index (χ1v) is 4.51. The molecule has 0 saturated heterocycles. The van der Waals surface area contributed by atoms with E-state index in [1.807, 2.05) is 0 Å². The second-order valence-corrected chi connectivity index (χ2v) is 3.21. The van der Waals surface area contributed by atoms with Gasteiger partial charge in [0.15, 0.2) is 6.10 Å². The molecule has 0 aromatic heterocycles. The Labute approximate surface area is 91.0 Å². The fourth-order valence-electron chi connectivity index (χ4n) is 1.04. The third-order valence-electron chi connectivity index (χ3n) is 1.98. The predicted molar refractivity (Wildman–Crippen MR) is 53.6 cm³/mol. The summed E-state index contributed by atoms with van der Waals surface area (Å²) in [5.74, 6) is 0.350. The quantitative estimate of drug-likeness (QED) is 0.819. The maximum Gasteiger partial charge on any atom is 0.425 e. The van der Waals surface area contributed by atoms with Gasteiger partial charge in [0.05, 0.1) is 12.8 Å². The minimum atomic E-state index is -4.39. The van der Waals surface area contributed by atoms with Crippen LogP contribution < -0.4 is 15.2 Å². The smallest absolute Gasteiger partial charge is 0.425 e. The molecule has 0 aliphatic carbocycles. The van der Waals surface area contributed by atoms with E-state index >= 15 is 0 Å². The number of hydrogen-bond donors (Lipinski definition) is 1. The Morgan fingerprint density at radius 2 is 1.94 bits per heavy atom. The molecule has 3 nitrogen and oxygen atoms in total. The molecular weight excluding hydrogens is 223 g/mol. The van der Waals surface area contributed by atoms with Crippen LogP contribution in [0.15, 0.2) is 18.2 Å². The van der Waals surface area contributed by atoms with Crippen LogP contribution in [0.3, 0.4) is 0 Å². The van der Waals surface area contributed by atoms with Gasteiger partial charge in [0.25, 0.3) is 0 Å².